The minimum atomic E-state index is -4.58. The van der Waals surface area contributed by atoms with Gasteiger partial charge in [0, 0.05) is 19.2 Å². The average Bonchev–Trinajstić information content (AvgIpc) is 2.73. The van der Waals surface area contributed by atoms with Gasteiger partial charge in [0.05, 0.1) is 11.7 Å². The van der Waals surface area contributed by atoms with Gasteiger partial charge in [0.2, 0.25) is 5.88 Å². The number of amides is 1. The van der Waals surface area contributed by atoms with E-state index in [1.165, 1.54) is 19.9 Å². The van der Waals surface area contributed by atoms with E-state index in [1.54, 1.807) is 4.90 Å². The molecular weight excluding hydrogens is 467 g/mol. The molecule has 0 bridgehead atoms. The van der Waals surface area contributed by atoms with Crippen molar-refractivity contribution in [3.8, 4) is 5.88 Å². The second-order valence-corrected chi connectivity index (χ2v) is 10.4. The van der Waals surface area contributed by atoms with E-state index in [9.17, 15) is 28.2 Å². The predicted molar refractivity (Wildman–Crippen MR) is 124 cm³/mol. The number of hydrogen-bond acceptors (Lipinski definition) is 7. The number of aromatic nitrogens is 1. The van der Waals surface area contributed by atoms with E-state index in [2.05, 4.69) is 10.3 Å². The Balaban J connectivity index is 0.000000269. The van der Waals surface area contributed by atoms with Gasteiger partial charge in [-0.3, -0.25) is 0 Å². The lowest BCUT2D eigenvalue weighted by molar-refractivity contribution is -0.141. The van der Waals surface area contributed by atoms with Gasteiger partial charge in [-0.15, -0.1) is 0 Å². The molecule has 200 valence electrons. The molecule has 2 saturated heterocycles. The van der Waals surface area contributed by atoms with E-state index in [0.717, 1.165) is 32.0 Å². The zero-order chi connectivity index (χ0) is 26.4. The second-order valence-electron chi connectivity index (χ2n) is 10.4. The Morgan fingerprint density at radius 3 is 2.11 bits per heavy atom. The Labute approximate surface area is 204 Å². The van der Waals surface area contributed by atoms with Crippen LogP contribution < -0.4 is 10.1 Å². The monoisotopic (exact) mass is 505 g/mol. The highest BCUT2D eigenvalue weighted by molar-refractivity contribution is 5.68. The minimum Gasteiger partial charge on any atom is -0.474 e. The molecule has 0 radical (unpaired) electrons. The fourth-order valence-electron chi connectivity index (χ4n) is 3.52. The highest BCUT2D eigenvalue weighted by atomic mass is 19.4. The first-order valence-corrected chi connectivity index (χ1v) is 11.9. The van der Waals surface area contributed by atoms with E-state index in [1.807, 2.05) is 20.8 Å². The highest BCUT2D eigenvalue weighted by Crippen LogP contribution is 2.33. The molecule has 0 spiro atoms. The SMILES string of the molecule is CC(C)(C)OC(=O)N1CCC(O)CC1.CC(C)(O)c1cc(OC2CCNCC2)nc(C(F)(F)F)c1. The molecule has 0 aliphatic carbocycles. The van der Waals surface area contributed by atoms with Crippen LogP contribution in [0.4, 0.5) is 18.0 Å². The number of carbonyl (C=O) groups excluding carboxylic acids is 1. The Morgan fingerprint density at radius 1 is 1.06 bits per heavy atom. The maximum atomic E-state index is 12.9. The normalized spacial score (nSPS) is 18.5. The van der Waals surface area contributed by atoms with Crippen LogP contribution in [0.15, 0.2) is 12.1 Å². The molecular formula is C24H38F3N3O5. The Bertz CT molecular complexity index is 791. The van der Waals surface area contributed by atoms with Crippen LogP contribution in [-0.4, -0.2) is 70.2 Å². The first kappa shape index (κ1) is 29.1. The number of piperidine rings is 2. The number of aliphatic hydroxyl groups excluding tert-OH is 1. The van der Waals surface area contributed by atoms with Crippen LogP contribution in [0.2, 0.25) is 0 Å². The van der Waals surface area contributed by atoms with Crippen molar-refractivity contribution in [2.75, 3.05) is 26.2 Å². The van der Waals surface area contributed by atoms with Gasteiger partial charge in [0.1, 0.15) is 17.4 Å². The van der Waals surface area contributed by atoms with Crippen molar-refractivity contribution in [3.05, 3.63) is 23.4 Å². The summed E-state index contributed by atoms with van der Waals surface area (Å²) in [6.07, 6.45) is -2.52. The lowest BCUT2D eigenvalue weighted by atomic mass is 9.98. The number of nitrogens with zero attached hydrogens (tertiary/aromatic N) is 2. The van der Waals surface area contributed by atoms with Gasteiger partial charge in [-0.1, -0.05) is 0 Å². The number of halogens is 3. The van der Waals surface area contributed by atoms with E-state index >= 15 is 0 Å². The lowest BCUT2D eigenvalue weighted by Gasteiger charge is -2.31. The van der Waals surface area contributed by atoms with Crippen LogP contribution in [0.3, 0.4) is 0 Å². The summed E-state index contributed by atoms with van der Waals surface area (Å²) in [5.41, 5.74) is -2.75. The largest absolute Gasteiger partial charge is 0.474 e. The van der Waals surface area contributed by atoms with Crippen molar-refractivity contribution < 1.29 is 37.7 Å². The molecule has 11 heteroatoms. The summed E-state index contributed by atoms with van der Waals surface area (Å²) in [4.78, 5) is 16.7. The van der Waals surface area contributed by atoms with Gasteiger partial charge in [0.15, 0.2) is 0 Å². The maximum absolute atomic E-state index is 12.9. The quantitative estimate of drug-likeness (QED) is 0.574. The number of likely N-dealkylation sites (tertiary alicyclic amines) is 1. The third-order valence-corrected chi connectivity index (χ3v) is 5.49. The van der Waals surface area contributed by atoms with Crippen LogP contribution in [0.1, 0.15) is 71.6 Å². The van der Waals surface area contributed by atoms with E-state index in [0.29, 0.717) is 25.9 Å². The molecule has 3 heterocycles. The Kier molecular flexibility index (Phi) is 9.78. The summed E-state index contributed by atoms with van der Waals surface area (Å²) >= 11 is 0. The standard InChI is InChI=1S/C14H19F3N2O2.C10H19NO3/c1-13(2,20)9-7-11(14(15,16)17)19-12(8-9)21-10-3-5-18-6-4-10;1-10(2,3)14-9(13)11-6-4-8(12)5-7-11/h7-8,10,18,20H,3-6H2,1-2H3;8,12H,4-7H2,1-3H3. The number of carbonyl (C=O) groups is 1. The fraction of sp³-hybridized carbons (Fsp3) is 0.750. The third-order valence-electron chi connectivity index (χ3n) is 5.49. The summed E-state index contributed by atoms with van der Waals surface area (Å²) in [5.74, 6) is -0.0890. The number of rotatable bonds is 3. The molecule has 0 saturated carbocycles. The summed E-state index contributed by atoms with van der Waals surface area (Å²) in [7, 11) is 0. The van der Waals surface area contributed by atoms with Gasteiger partial charge < -0.3 is 29.9 Å². The van der Waals surface area contributed by atoms with Crippen molar-refractivity contribution in [2.24, 2.45) is 0 Å². The number of alkyl halides is 3. The first-order chi connectivity index (χ1) is 16.0. The van der Waals surface area contributed by atoms with Crippen molar-refractivity contribution in [1.29, 1.82) is 0 Å². The van der Waals surface area contributed by atoms with E-state index in [-0.39, 0.29) is 29.7 Å². The van der Waals surface area contributed by atoms with Gasteiger partial charge in [-0.2, -0.15) is 13.2 Å². The summed E-state index contributed by atoms with van der Waals surface area (Å²) < 4.78 is 49.5. The van der Waals surface area contributed by atoms with E-state index < -0.39 is 23.1 Å². The smallest absolute Gasteiger partial charge is 0.433 e. The summed E-state index contributed by atoms with van der Waals surface area (Å²) in [5, 5.41) is 22.4. The van der Waals surface area contributed by atoms with Crippen LogP contribution in [0.25, 0.3) is 0 Å². The molecule has 8 nitrogen and oxygen atoms in total. The van der Waals surface area contributed by atoms with Gasteiger partial charge >= 0.3 is 12.3 Å². The van der Waals surface area contributed by atoms with Crippen molar-refractivity contribution >= 4 is 6.09 Å². The number of hydrogen-bond donors (Lipinski definition) is 3. The topological polar surface area (TPSA) is 104 Å². The van der Waals surface area contributed by atoms with Gasteiger partial charge in [-0.25, -0.2) is 9.78 Å². The molecule has 2 aliphatic rings. The molecule has 3 N–H and O–H groups in total. The van der Waals surface area contributed by atoms with Crippen LogP contribution in [0, 0.1) is 0 Å². The maximum Gasteiger partial charge on any atom is 0.433 e. The lowest BCUT2D eigenvalue weighted by Crippen LogP contribution is -2.42. The number of aliphatic hydroxyl groups is 2. The second kappa shape index (κ2) is 11.7. The number of ether oxygens (including phenoxy) is 2. The molecule has 0 aromatic carbocycles. The average molecular weight is 506 g/mol. The molecule has 2 aliphatic heterocycles. The van der Waals surface area contributed by atoms with Crippen molar-refractivity contribution in [3.63, 3.8) is 0 Å². The Hall–Kier alpha value is -2.11. The van der Waals surface area contributed by atoms with Crippen LogP contribution in [-0.2, 0) is 16.5 Å². The molecule has 2 fully saturated rings. The van der Waals surface area contributed by atoms with Crippen molar-refractivity contribution in [1.82, 2.24) is 15.2 Å². The molecule has 0 atom stereocenters. The first-order valence-electron chi connectivity index (χ1n) is 11.9. The van der Waals surface area contributed by atoms with Crippen LogP contribution in [0.5, 0.6) is 5.88 Å². The van der Waals surface area contributed by atoms with Gasteiger partial charge in [0.25, 0.3) is 0 Å². The number of nitrogens with one attached hydrogen (secondary N) is 1. The summed E-state index contributed by atoms with van der Waals surface area (Å²) in [6, 6.07) is 2.23. The third kappa shape index (κ3) is 10.2. The molecule has 35 heavy (non-hydrogen) atoms. The van der Waals surface area contributed by atoms with E-state index in [4.69, 9.17) is 9.47 Å². The number of pyridine rings is 1. The Morgan fingerprint density at radius 2 is 1.63 bits per heavy atom. The zero-order valence-electron chi connectivity index (χ0n) is 21.1. The molecule has 1 amide bonds. The fourth-order valence-corrected chi connectivity index (χ4v) is 3.52. The van der Waals surface area contributed by atoms with Crippen molar-refractivity contribution in [2.45, 2.75) is 89.9 Å². The molecule has 1 aromatic rings. The highest BCUT2D eigenvalue weighted by Gasteiger charge is 2.35. The van der Waals surface area contributed by atoms with Crippen LogP contribution >= 0.6 is 0 Å². The molecule has 3 rings (SSSR count). The minimum absolute atomic E-state index is 0.0890. The predicted octanol–water partition coefficient (Wildman–Crippen LogP) is 3.84. The zero-order valence-corrected chi connectivity index (χ0v) is 21.1. The van der Waals surface area contributed by atoms with Gasteiger partial charge in [-0.05, 0) is 85.0 Å². The molecule has 0 unspecified atom stereocenters. The molecule has 1 aromatic heterocycles. The summed E-state index contributed by atoms with van der Waals surface area (Å²) in [6.45, 7) is 11.1.